The number of hydrogen-bond donors (Lipinski definition) is 1. The zero-order valence-electron chi connectivity index (χ0n) is 21.2. The summed E-state index contributed by atoms with van der Waals surface area (Å²) in [4.78, 5) is 36.0. The van der Waals surface area contributed by atoms with Crippen molar-refractivity contribution in [3.05, 3.63) is 77.4 Å². The fourth-order valence-electron chi connectivity index (χ4n) is 4.79. The lowest BCUT2D eigenvalue weighted by Crippen LogP contribution is -2.59. The smallest absolute Gasteiger partial charge is 0.332 e. The summed E-state index contributed by atoms with van der Waals surface area (Å²) in [6, 6.07) is 14.6. The first-order valence-corrected chi connectivity index (χ1v) is 14.3. The van der Waals surface area contributed by atoms with Gasteiger partial charge in [-0.05, 0) is 36.1 Å². The fraction of sp³-hybridized carbons (Fsp3) is 0.370. The van der Waals surface area contributed by atoms with Gasteiger partial charge in [0.25, 0.3) is 15.9 Å². The highest BCUT2D eigenvalue weighted by atomic mass is 35.5. The molecule has 2 aliphatic rings. The average molecular weight is 596 g/mol. The van der Waals surface area contributed by atoms with Crippen LogP contribution in [-0.2, 0) is 35.7 Å². The molecule has 9 nitrogen and oxygen atoms in total. The first-order chi connectivity index (χ1) is 18.3. The molecule has 12 heteroatoms. The number of nitrogens with zero attached hydrogens (tertiary/aromatic N) is 1. The van der Waals surface area contributed by atoms with Crippen LogP contribution >= 0.6 is 23.2 Å². The molecular formula is C27H27Cl2NO8S. The lowest BCUT2D eigenvalue weighted by molar-refractivity contribution is -0.161. The monoisotopic (exact) mass is 595 g/mol. The minimum Gasteiger partial charge on any atom is -0.481 e. The molecule has 3 atom stereocenters. The van der Waals surface area contributed by atoms with Gasteiger partial charge in [0.1, 0.15) is 24.0 Å². The maximum Gasteiger partial charge on any atom is 0.332 e. The normalized spacial score (nSPS) is 25.8. The van der Waals surface area contributed by atoms with Crippen LogP contribution < -0.4 is 0 Å². The molecule has 0 radical (unpaired) electrons. The molecule has 0 saturated heterocycles. The number of aliphatic carboxylic acids is 1. The second kappa shape index (κ2) is 10.9. The second-order valence-electron chi connectivity index (χ2n) is 9.80. The number of fused-ring (bicyclic) bond motifs is 1. The molecule has 1 amide bonds. The van der Waals surface area contributed by atoms with E-state index >= 15 is 0 Å². The summed E-state index contributed by atoms with van der Waals surface area (Å²) in [6.07, 6.45) is 1.31. The predicted octanol–water partition coefficient (Wildman–Crippen LogP) is 4.19. The van der Waals surface area contributed by atoms with Crippen molar-refractivity contribution in [1.29, 1.82) is 0 Å². The lowest BCUT2D eigenvalue weighted by atomic mass is 9.73. The standard InChI is InChI=1S/C27H27Cl2NO8S/c1-17(2)19-12-26(28,16-30-24(32)20-10-6-7-11-21(20)39(30,35)36)23(25(33)34)27(29,13-19)38-15-22(31)37-14-18-8-4-3-5-9-18/h3-11,13,17,23H,12,14-16H2,1-2H3,(H,33,34). The second-order valence-corrected chi connectivity index (χ2v) is 13.0. The van der Waals surface area contributed by atoms with Gasteiger partial charge in [0.2, 0.25) is 0 Å². The summed E-state index contributed by atoms with van der Waals surface area (Å²) >= 11 is 13.7. The SMILES string of the molecule is CC(C)C1=CC(Cl)(OCC(=O)OCc2ccccc2)C(C(=O)O)C(Cl)(CN2C(=O)c3ccccc3S2(=O)=O)C1. The number of esters is 1. The lowest BCUT2D eigenvalue weighted by Gasteiger charge is -2.46. The van der Waals surface area contributed by atoms with Crippen LogP contribution in [-0.4, -0.2) is 58.8 Å². The maximum atomic E-state index is 13.2. The van der Waals surface area contributed by atoms with E-state index in [1.165, 1.54) is 30.3 Å². The van der Waals surface area contributed by atoms with E-state index in [2.05, 4.69) is 0 Å². The Bertz CT molecular complexity index is 1430. The highest BCUT2D eigenvalue weighted by Gasteiger charge is 2.60. The molecule has 1 heterocycles. The molecule has 0 spiro atoms. The van der Waals surface area contributed by atoms with Crippen molar-refractivity contribution in [3.8, 4) is 0 Å². The summed E-state index contributed by atoms with van der Waals surface area (Å²) in [5.41, 5.74) is 1.29. The Kier molecular flexibility index (Phi) is 8.14. The van der Waals surface area contributed by atoms with Crippen LogP contribution in [0.15, 0.2) is 71.1 Å². The molecule has 3 unspecified atom stereocenters. The van der Waals surface area contributed by atoms with E-state index in [1.807, 2.05) is 19.9 Å². The third kappa shape index (κ3) is 5.70. The summed E-state index contributed by atoms with van der Waals surface area (Å²) in [6.45, 7) is 2.25. The number of halogens is 2. The molecule has 1 aliphatic heterocycles. The van der Waals surface area contributed by atoms with Crippen molar-refractivity contribution < 1.29 is 37.4 Å². The summed E-state index contributed by atoms with van der Waals surface area (Å²) in [7, 11) is -4.29. The molecule has 1 aliphatic carbocycles. The van der Waals surface area contributed by atoms with Crippen molar-refractivity contribution in [2.45, 2.75) is 41.7 Å². The van der Waals surface area contributed by atoms with E-state index in [1.54, 1.807) is 24.3 Å². The molecule has 0 saturated carbocycles. The number of sulfonamides is 1. The van der Waals surface area contributed by atoms with Gasteiger partial charge in [-0.3, -0.25) is 9.59 Å². The third-order valence-corrected chi connectivity index (χ3v) is 9.45. The van der Waals surface area contributed by atoms with E-state index in [4.69, 9.17) is 32.7 Å². The van der Waals surface area contributed by atoms with E-state index in [0.717, 1.165) is 5.56 Å². The molecule has 208 valence electrons. The first kappa shape index (κ1) is 29.1. The van der Waals surface area contributed by atoms with Crippen molar-refractivity contribution in [1.82, 2.24) is 4.31 Å². The number of ether oxygens (including phenoxy) is 2. The van der Waals surface area contributed by atoms with E-state index < -0.39 is 56.9 Å². The van der Waals surface area contributed by atoms with Gasteiger partial charge in [0.15, 0.2) is 5.06 Å². The third-order valence-electron chi connectivity index (χ3n) is 6.75. The van der Waals surface area contributed by atoms with Crippen molar-refractivity contribution >= 4 is 51.1 Å². The summed E-state index contributed by atoms with van der Waals surface area (Å²) in [5, 5.41) is 8.11. The van der Waals surface area contributed by atoms with Crippen molar-refractivity contribution in [2.24, 2.45) is 11.8 Å². The number of alkyl halides is 2. The molecule has 4 rings (SSSR count). The van der Waals surface area contributed by atoms with Gasteiger partial charge in [0.05, 0.1) is 17.0 Å². The van der Waals surface area contributed by atoms with E-state index in [0.29, 0.717) is 9.88 Å². The van der Waals surface area contributed by atoms with Gasteiger partial charge < -0.3 is 14.6 Å². The van der Waals surface area contributed by atoms with Crippen LogP contribution in [0.2, 0.25) is 0 Å². The van der Waals surface area contributed by atoms with Crippen LogP contribution in [0.3, 0.4) is 0 Å². The number of carboxylic acids is 1. The Morgan fingerprint density at radius 2 is 1.74 bits per heavy atom. The van der Waals surface area contributed by atoms with Crippen LogP contribution in [0.5, 0.6) is 0 Å². The number of allylic oxidation sites excluding steroid dienone is 1. The van der Waals surface area contributed by atoms with E-state index in [9.17, 15) is 27.9 Å². The Balaban J connectivity index is 1.62. The predicted molar refractivity (Wildman–Crippen MR) is 143 cm³/mol. The minimum atomic E-state index is -4.29. The minimum absolute atomic E-state index is 0.0251. The molecule has 0 fully saturated rings. The average Bonchev–Trinajstić information content (AvgIpc) is 3.06. The number of amides is 1. The zero-order valence-corrected chi connectivity index (χ0v) is 23.5. The van der Waals surface area contributed by atoms with Crippen molar-refractivity contribution in [2.75, 3.05) is 13.2 Å². The fourth-order valence-corrected chi connectivity index (χ4v) is 7.58. The Labute approximate surface area is 236 Å². The van der Waals surface area contributed by atoms with Gasteiger partial charge in [-0.2, -0.15) is 0 Å². The first-order valence-electron chi connectivity index (χ1n) is 12.1. The van der Waals surface area contributed by atoms with Crippen LogP contribution in [0.4, 0.5) is 0 Å². The number of carbonyl (C=O) groups excluding carboxylic acids is 2. The molecule has 2 aromatic rings. The zero-order chi connectivity index (χ0) is 28.6. The molecular weight excluding hydrogens is 569 g/mol. The van der Waals surface area contributed by atoms with E-state index in [-0.39, 0.29) is 29.4 Å². The van der Waals surface area contributed by atoms with Gasteiger partial charge in [-0.15, -0.1) is 11.6 Å². The molecule has 1 N–H and O–H groups in total. The molecule has 0 bridgehead atoms. The van der Waals surface area contributed by atoms with Crippen LogP contribution in [0, 0.1) is 11.8 Å². The highest BCUT2D eigenvalue weighted by molar-refractivity contribution is 7.90. The Morgan fingerprint density at radius 3 is 2.36 bits per heavy atom. The number of carbonyl (C=O) groups is 3. The van der Waals surface area contributed by atoms with Gasteiger partial charge >= 0.3 is 11.9 Å². The van der Waals surface area contributed by atoms with Crippen LogP contribution in [0.25, 0.3) is 0 Å². The topological polar surface area (TPSA) is 127 Å². The largest absolute Gasteiger partial charge is 0.481 e. The van der Waals surface area contributed by atoms with Gasteiger partial charge in [-0.1, -0.05) is 73.5 Å². The number of benzene rings is 2. The quantitative estimate of drug-likeness (QED) is 0.260. The van der Waals surface area contributed by atoms with Gasteiger partial charge in [0, 0.05) is 0 Å². The van der Waals surface area contributed by atoms with Gasteiger partial charge in [-0.25, -0.2) is 17.5 Å². The molecule has 39 heavy (non-hydrogen) atoms. The highest BCUT2D eigenvalue weighted by Crippen LogP contribution is 2.51. The maximum absolute atomic E-state index is 13.2. The molecule has 0 aromatic heterocycles. The van der Waals surface area contributed by atoms with Crippen molar-refractivity contribution in [3.63, 3.8) is 0 Å². The number of carboxylic acid groups (broad SMARTS) is 1. The Hall–Kier alpha value is -2.92. The Morgan fingerprint density at radius 1 is 1.10 bits per heavy atom. The summed E-state index contributed by atoms with van der Waals surface area (Å²) in [5.74, 6) is -5.03. The van der Waals surface area contributed by atoms with Crippen LogP contribution in [0.1, 0.15) is 36.2 Å². The summed E-state index contributed by atoms with van der Waals surface area (Å²) < 4.78 is 37.9. The number of hydrogen-bond acceptors (Lipinski definition) is 7. The number of rotatable bonds is 9. The molecule has 2 aromatic carbocycles.